The van der Waals surface area contributed by atoms with Crippen molar-refractivity contribution in [3.63, 3.8) is 0 Å². The zero-order chi connectivity index (χ0) is 17.1. The minimum Gasteiger partial charge on any atom is -0.434 e. The molecule has 1 aliphatic carbocycles. The van der Waals surface area contributed by atoms with Crippen LogP contribution in [-0.2, 0) is 16.1 Å². The lowest BCUT2D eigenvalue weighted by Gasteiger charge is -2.51. The molecule has 0 aromatic heterocycles. The molecule has 6 heteroatoms. The molecule has 24 heavy (non-hydrogen) atoms. The third-order valence-corrected chi connectivity index (χ3v) is 4.85. The molecular formula is C18H21F2NO3. The van der Waals surface area contributed by atoms with Crippen LogP contribution in [-0.4, -0.2) is 36.2 Å². The van der Waals surface area contributed by atoms with Gasteiger partial charge in [-0.15, -0.1) is 0 Å². The van der Waals surface area contributed by atoms with E-state index in [2.05, 4.69) is 11.3 Å². The van der Waals surface area contributed by atoms with Crippen molar-refractivity contribution in [3.8, 4) is 5.75 Å². The number of halogens is 2. The Balaban J connectivity index is 1.78. The lowest BCUT2D eigenvalue weighted by Crippen LogP contribution is -2.58. The summed E-state index contributed by atoms with van der Waals surface area (Å²) >= 11 is 0. The standard InChI is InChI=1S/C18H21F2NO3/c1-2-17(22)21(14-10-16-13(14)7-5-9-23-16)11-12-6-3-4-8-15(12)24-18(19)20/h2-4,6,8,13-14,16,18H,1,5,7,9-11H2/t13-,14?,16+/m1/s1. The van der Waals surface area contributed by atoms with Crippen molar-refractivity contribution in [2.24, 2.45) is 5.92 Å². The molecule has 1 unspecified atom stereocenters. The molecule has 1 saturated heterocycles. The van der Waals surface area contributed by atoms with E-state index in [4.69, 9.17) is 4.74 Å². The van der Waals surface area contributed by atoms with Crippen LogP contribution in [0.5, 0.6) is 5.75 Å². The number of ether oxygens (including phenoxy) is 2. The lowest BCUT2D eigenvalue weighted by atomic mass is 9.71. The van der Waals surface area contributed by atoms with Crippen LogP contribution in [0.2, 0.25) is 0 Å². The number of amides is 1. The summed E-state index contributed by atoms with van der Waals surface area (Å²) in [6.45, 7) is 1.67. The first-order valence-electron chi connectivity index (χ1n) is 8.17. The summed E-state index contributed by atoms with van der Waals surface area (Å²) in [5.41, 5.74) is 0.563. The van der Waals surface area contributed by atoms with E-state index < -0.39 is 6.61 Å². The largest absolute Gasteiger partial charge is 0.434 e. The molecule has 1 saturated carbocycles. The summed E-state index contributed by atoms with van der Waals surface area (Å²) < 4.78 is 35.5. The van der Waals surface area contributed by atoms with Gasteiger partial charge in [0, 0.05) is 30.7 Å². The highest BCUT2D eigenvalue weighted by atomic mass is 19.3. The Morgan fingerprint density at radius 1 is 1.46 bits per heavy atom. The van der Waals surface area contributed by atoms with Gasteiger partial charge in [0.25, 0.3) is 0 Å². The van der Waals surface area contributed by atoms with Crippen LogP contribution in [0.25, 0.3) is 0 Å². The van der Waals surface area contributed by atoms with Gasteiger partial charge in [0.05, 0.1) is 6.10 Å². The van der Waals surface area contributed by atoms with Gasteiger partial charge in [-0.1, -0.05) is 24.8 Å². The van der Waals surface area contributed by atoms with Crippen molar-refractivity contribution in [1.82, 2.24) is 4.90 Å². The SMILES string of the molecule is C=CC(=O)N(Cc1ccccc1OC(F)F)C1C[C@@H]2OCCC[C@H]12. The monoisotopic (exact) mass is 337 g/mol. The van der Waals surface area contributed by atoms with Crippen LogP contribution < -0.4 is 4.74 Å². The highest BCUT2D eigenvalue weighted by Crippen LogP contribution is 2.42. The number of carbonyl (C=O) groups excluding carboxylic acids is 1. The zero-order valence-corrected chi connectivity index (χ0v) is 13.4. The Kier molecular flexibility index (Phi) is 5.14. The predicted octanol–water partition coefficient (Wildman–Crippen LogP) is 3.37. The average molecular weight is 337 g/mol. The molecule has 0 bridgehead atoms. The van der Waals surface area contributed by atoms with Gasteiger partial charge in [-0.2, -0.15) is 8.78 Å². The maximum absolute atomic E-state index is 12.6. The second kappa shape index (κ2) is 7.30. The van der Waals surface area contributed by atoms with Gasteiger partial charge in [-0.05, 0) is 31.4 Å². The fraction of sp³-hybridized carbons (Fsp3) is 0.500. The van der Waals surface area contributed by atoms with Crippen molar-refractivity contribution in [2.75, 3.05) is 6.61 Å². The van der Waals surface area contributed by atoms with Crippen molar-refractivity contribution < 1.29 is 23.0 Å². The molecule has 1 heterocycles. The van der Waals surface area contributed by atoms with Gasteiger partial charge in [-0.25, -0.2) is 0 Å². The van der Waals surface area contributed by atoms with Gasteiger partial charge in [0.15, 0.2) is 0 Å². The minimum absolute atomic E-state index is 0.0559. The van der Waals surface area contributed by atoms with E-state index in [1.807, 2.05) is 0 Å². The highest BCUT2D eigenvalue weighted by Gasteiger charge is 2.47. The number of para-hydroxylation sites is 1. The number of benzene rings is 1. The molecule has 1 amide bonds. The van der Waals surface area contributed by atoms with Crippen molar-refractivity contribution >= 4 is 5.91 Å². The van der Waals surface area contributed by atoms with Crippen LogP contribution in [0.4, 0.5) is 8.78 Å². The number of rotatable bonds is 6. The molecule has 130 valence electrons. The third-order valence-electron chi connectivity index (χ3n) is 4.85. The molecule has 0 N–H and O–H groups in total. The normalized spacial score (nSPS) is 25.5. The number of nitrogens with zero attached hydrogens (tertiary/aromatic N) is 1. The molecule has 0 radical (unpaired) electrons. The fourth-order valence-electron chi connectivity index (χ4n) is 3.63. The molecular weight excluding hydrogens is 316 g/mol. The average Bonchev–Trinajstić information content (AvgIpc) is 2.55. The molecule has 1 aromatic carbocycles. The second-order valence-electron chi connectivity index (χ2n) is 6.17. The third kappa shape index (κ3) is 3.43. The van der Waals surface area contributed by atoms with E-state index in [0.29, 0.717) is 11.5 Å². The van der Waals surface area contributed by atoms with Crippen molar-refractivity contribution in [1.29, 1.82) is 0 Å². The Bertz CT molecular complexity index is 608. The summed E-state index contributed by atoms with van der Waals surface area (Å²) in [6.07, 6.45) is 4.26. The summed E-state index contributed by atoms with van der Waals surface area (Å²) in [5.74, 6) is 0.215. The molecule has 1 aliphatic heterocycles. The molecule has 4 nitrogen and oxygen atoms in total. The van der Waals surface area contributed by atoms with Crippen LogP contribution in [0.15, 0.2) is 36.9 Å². The fourth-order valence-corrected chi connectivity index (χ4v) is 3.63. The van der Waals surface area contributed by atoms with Gasteiger partial charge in [-0.3, -0.25) is 4.79 Å². The van der Waals surface area contributed by atoms with Crippen LogP contribution in [0, 0.1) is 5.92 Å². The minimum atomic E-state index is -2.89. The summed E-state index contributed by atoms with van der Waals surface area (Å²) in [6, 6.07) is 6.63. The van der Waals surface area contributed by atoms with Crippen molar-refractivity contribution in [3.05, 3.63) is 42.5 Å². The predicted molar refractivity (Wildman–Crippen MR) is 84.7 cm³/mol. The van der Waals surface area contributed by atoms with E-state index in [1.165, 1.54) is 12.1 Å². The van der Waals surface area contributed by atoms with E-state index in [0.717, 1.165) is 25.9 Å². The van der Waals surface area contributed by atoms with E-state index in [9.17, 15) is 13.6 Å². The first kappa shape index (κ1) is 16.9. The Labute approximate surface area is 140 Å². The number of hydrogen-bond acceptors (Lipinski definition) is 3. The maximum Gasteiger partial charge on any atom is 0.387 e. The van der Waals surface area contributed by atoms with Crippen molar-refractivity contribution in [2.45, 2.75) is 44.6 Å². The first-order valence-corrected chi connectivity index (χ1v) is 8.17. The van der Waals surface area contributed by atoms with Gasteiger partial charge < -0.3 is 14.4 Å². The molecule has 3 rings (SSSR count). The number of carbonyl (C=O) groups is 1. The summed E-state index contributed by atoms with van der Waals surface area (Å²) in [5, 5.41) is 0. The molecule has 2 aliphatic rings. The molecule has 0 spiro atoms. The van der Waals surface area contributed by atoms with Crippen LogP contribution >= 0.6 is 0 Å². The van der Waals surface area contributed by atoms with Gasteiger partial charge >= 0.3 is 6.61 Å². The maximum atomic E-state index is 12.6. The second-order valence-corrected chi connectivity index (χ2v) is 6.17. The first-order chi connectivity index (χ1) is 11.6. The van der Waals surface area contributed by atoms with Crippen LogP contribution in [0.1, 0.15) is 24.8 Å². The van der Waals surface area contributed by atoms with E-state index in [1.54, 1.807) is 23.1 Å². The topological polar surface area (TPSA) is 38.8 Å². The Morgan fingerprint density at radius 2 is 2.25 bits per heavy atom. The summed E-state index contributed by atoms with van der Waals surface area (Å²) in [4.78, 5) is 14.0. The summed E-state index contributed by atoms with van der Waals surface area (Å²) in [7, 11) is 0. The quantitative estimate of drug-likeness (QED) is 0.747. The highest BCUT2D eigenvalue weighted by molar-refractivity contribution is 5.87. The Morgan fingerprint density at radius 3 is 2.96 bits per heavy atom. The van der Waals surface area contributed by atoms with Gasteiger partial charge in [0.1, 0.15) is 5.75 Å². The number of alkyl halides is 2. The van der Waals surface area contributed by atoms with E-state index in [-0.39, 0.29) is 30.3 Å². The lowest BCUT2D eigenvalue weighted by molar-refractivity contribution is -0.155. The number of hydrogen-bond donors (Lipinski definition) is 0. The van der Waals surface area contributed by atoms with E-state index >= 15 is 0 Å². The zero-order valence-electron chi connectivity index (χ0n) is 13.4. The number of fused-ring (bicyclic) bond motifs is 1. The smallest absolute Gasteiger partial charge is 0.387 e. The Hall–Kier alpha value is -1.95. The molecule has 3 atom stereocenters. The van der Waals surface area contributed by atoms with Gasteiger partial charge in [0.2, 0.25) is 5.91 Å². The molecule has 1 aromatic rings. The molecule has 2 fully saturated rings. The van der Waals surface area contributed by atoms with Crippen LogP contribution in [0.3, 0.4) is 0 Å².